The lowest BCUT2D eigenvalue weighted by molar-refractivity contribution is 0.0725. The van der Waals surface area contributed by atoms with E-state index in [2.05, 4.69) is 43.8 Å². The van der Waals surface area contributed by atoms with Crippen LogP contribution in [0, 0.1) is 18.3 Å². The lowest BCUT2D eigenvalue weighted by atomic mass is 9.90. The van der Waals surface area contributed by atoms with E-state index in [1.807, 2.05) is 0 Å². The monoisotopic (exact) mass is 208 g/mol. The first kappa shape index (κ1) is 12.5. The Balaban J connectivity index is 2.70. The summed E-state index contributed by atoms with van der Waals surface area (Å²) in [7, 11) is 0. The second kappa shape index (κ2) is 5.01. The number of hydrogen-bond donors (Lipinski definition) is 1. The second-order valence-corrected chi connectivity index (χ2v) is 5.22. The Morgan fingerprint density at radius 3 is 2.73 bits per heavy atom. The second-order valence-electron chi connectivity index (χ2n) is 5.22. The predicted octanol–water partition coefficient (Wildman–Crippen LogP) is 1.72. The maximum absolute atomic E-state index is 5.44. The number of nitrogens with one attached hydrogen (secondary N) is 1. The Labute approximate surface area is 94.4 Å². The first-order valence-corrected chi connectivity index (χ1v) is 5.95. The van der Waals surface area contributed by atoms with E-state index in [4.69, 9.17) is 6.42 Å². The van der Waals surface area contributed by atoms with E-state index in [9.17, 15) is 0 Å². The van der Waals surface area contributed by atoms with Crippen molar-refractivity contribution in [1.82, 2.24) is 10.2 Å². The van der Waals surface area contributed by atoms with Crippen molar-refractivity contribution in [3.8, 4) is 12.3 Å². The van der Waals surface area contributed by atoms with Gasteiger partial charge in [0.05, 0.1) is 6.54 Å². The number of terminal acetylenes is 1. The minimum absolute atomic E-state index is 0.238. The zero-order chi connectivity index (χ0) is 11.5. The van der Waals surface area contributed by atoms with Crippen molar-refractivity contribution in [2.75, 3.05) is 19.6 Å². The van der Waals surface area contributed by atoms with Crippen LogP contribution < -0.4 is 5.32 Å². The highest BCUT2D eigenvalue weighted by molar-refractivity contribution is 4.99. The number of piperazine rings is 1. The van der Waals surface area contributed by atoms with Crippen molar-refractivity contribution in [1.29, 1.82) is 0 Å². The predicted molar refractivity (Wildman–Crippen MR) is 65.7 cm³/mol. The van der Waals surface area contributed by atoms with Gasteiger partial charge in [0.15, 0.2) is 0 Å². The Morgan fingerprint density at radius 2 is 2.27 bits per heavy atom. The van der Waals surface area contributed by atoms with Crippen molar-refractivity contribution in [3.05, 3.63) is 0 Å². The van der Waals surface area contributed by atoms with Gasteiger partial charge in [0.25, 0.3) is 0 Å². The van der Waals surface area contributed by atoms with Crippen LogP contribution in [0.5, 0.6) is 0 Å². The van der Waals surface area contributed by atoms with E-state index in [1.165, 1.54) is 0 Å². The molecule has 0 aliphatic carbocycles. The molecule has 1 aliphatic heterocycles. The van der Waals surface area contributed by atoms with Crippen LogP contribution in [-0.4, -0.2) is 36.1 Å². The summed E-state index contributed by atoms with van der Waals surface area (Å²) in [6.07, 6.45) is 6.59. The molecule has 2 atom stereocenters. The zero-order valence-corrected chi connectivity index (χ0v) is 10.5. The van der Waals surface area contributed by atoms with Crippen molar-refractivity contribution in [2.24, 2.45) is 5.92 Å². The summed E-state index contributed by atoms with van der Waals surface area (Å²) in [5.74, 6) is 3.44. The minimum atomic E-state index is 0.238. The molecule has 1 heterocycles. The summed E-state index contributed by atoms with van der Waals surface area (Å²) in [6, 6.07) is 0.584. The molecule has 15 heavy (non-hydrogen) atoms. The highest BCUT2D eigenvalue weighted by Crippen LogP contribution is 2.22. The van der Waals surface area contributed by atoms with Crippen molar-refractivity contribution in [3.63, 3.8) is 0 Å². The molecular weight excluding hydrogens is 184 g/mol. The van der Waals surface area contributed by atoms with Gasteiger partial charge in [0.1, 0.15) is 0 Å². The van der Waals surface area contributed by atoms with E-state index in [0.29, 0.717) is 12.0 Å². The molecule has 0 radical (unpaired) electrons. The standard InChI is InChI=1S/C13H24N2/c1-6-8-15-10-13(5,7-2)14-9-12(15)11(3)4/h1,11-12,14H,7-10H2,2-5H3. The van der Waals surface area contributed by atoms with E-state index in [0.717, 1.165) is 26.1 Å². The van der Waals surface area contributed by atoms with Crippen LogP contribution in [0.15, 0.2) is 0 Å². The normalized spacial score (nSPS) is 32.9. The summed E-state index contributed by atoms with van der Waals surface area (Å²) < 4.78 is 0. The Morgan fingerprint density at radius 1 is 1.60 bits per heavy atom. The molecule has 0 bridgehead atoms. The fourth-order valence-electron chi connectivity index (χ4n) is 2.29. The van der Waals surface area contributed by atoms with Crippen molar-refractivity contribution in [2.45, 2.75) is 45.7 Å². The van der Waals surface area contributed by atoms with Crippen LogP contribution in [0.3, 0.4) is 0 Å². The molecule has 0 aromatic rings. The average Bonchev–Trinajstić information content (AvgIpc) is 2.18. The van der Waals surface area contributed by atoms with Gasteiger partial charge in [-0.1, -0.05) is 26.7 Å². The molecule has 2 heteroatoms. The van der Waals surface area contributed by atoms with Crippen molar-refractivity contribution >= 4 is 0 Å². The van der Waals surface area contributed by atoms with Gasteiger partial charge in [0.2, 0.25) is 0 Å². The summed E-state index contributed by atoms with van der Waals surface area (Å²) in [4.78, 5) is 2.45. The fraction of sp³-hybridized carbons (Fsp3) is 0.846. The maximum atomic E-state index is 5.44. The highest BCUT2D eigenvalue weighted by atomic mass is 15.2. The third-order valence-electron chi connectivity index (χ3n) is 3.60. The molecule has 0 aromatic carbocycles. The Kier molecular flexibility index (Phi) is 4.19. The van der Waals surface area contributed by atoms with Gasteiger partial charge >= 0.3 is 0 Å². The largest absolute Gasteiger partial charge is 0.309 e. The van der Waals surface area contributed by atoms with E-state index >= 15 is 0 Å². The summed E-state index contributed by atoms with van der Waals surface area (Å²) >= 11 is 0. The lowest BCUT2D eigenvalue weighted by Gasteiger charge is -2.46. The molecule has 1 saturated heterocycles. The highest BCUT2D eigenvalue weighted by Gasteiger charge is 2.35. The Hall–Kier alpha value is -0.520. The SMILES string of the molecule is C#CCN1CC(C)(CC)NCC1C(C)C. The zero-order valence-electron chi connectivity index (χ0n) is 10.5. The smallest absolute Gasteiger partial charge is 0.0602 e. The first-order chi connectivity index (χ1) is 7.02. The molecule has 0 aromatic heterocycles. The molecule has 2 unspecified atom stereocenters. The minimum Gasteiger partial charge on any atom is -0.309 e. The number of hydrogen-bond acceptors (Lipinski definition) is 2. The molecule has 1 rings (SSSR count). The van der Waals surface area contributed by atoms with Gasteiger partial charge in [-0.25, -0.2) is 0 Å². The van der Waals surface area contributed by atoms with Gasteiger partial charge < -0.3 is 5.32 Å². The molecule has 86 valence electrons. The van der Waals surface area contributed by atoms with E-state index < -0.39 is 0 Å². The molecular formula is C13H24N2. The van der Waals surface area contributed by atoms with E-state index in [-0.39, 0.29) is 5.54 Å². The molecule has 1 fully saturated rings. The average molecular weight is 208 g/mol. The van der Waals surface area contributed by atoms with Crippen LogP contribution in [0.4, 0.5) is 0 Å². The van der Waals surface area contributed by atoms with Crippen LogP contribution in [0.2, 0.25) is 0 Å². The van der Waals surface area contributed by atoms with Gasteiger partial charge in [-0.15, -0.1) is 6.42 Å². The molecule has 1 aliphatic rings. The van der Waals surface area contributed by atoms with Crippen LogP contribution >= 0.6 is 0 Å². The fourth-order valence-corrected chi connectivity index (χ4v) is 2.29. The summed E-state index contributed by atoms with van der Waals surface area (Å²) in [5.41, 5.74) is 0.238. The van der Waals surface area contributed by atoms with Gasteiger partial charge in [-0.2, -0.15) is 0 Å². The first-order valence-electron chi connectivity index (χ1n) is 5.95. The quantitative estimate of drug-likeness (QED) is 0.710. The molecule has 0 saturated carbocycles. The molecule has 2 nitrogen and oxygen atoms in total. The van der Waals surface area contributed by atoms with Gasteiger partial charge in [-0.05, 0) is 19.3 Å². The molecule has 1 N–H and O–H groups in total. The molecule has 0 amide bonds. The number of rotatable bonds is 3. The van der Waals surface area contributed by atoms with Crippen LogP contribution in [0.1, 0.15) is 34.1 Å². The van der Waals surface area contributed by atoms with E-state index in [1.54, 1.807) is 0 Å². The van der Waals surface area contributed by atoms with Crippen LogP contribution in [-0.2, 0) is 0 Å². The lowest BCUT2D eigenvalue weighted by Crippen LogP contribution is -2.63. The van der Waals surface area contributed by atoms with Crippen molar-refractivity contribution < 1.29 is 0 Å². The van der Waals surface area contributed by atoms with Gasteiger partial charge in [-0.3, -0.25) is 4.90 Å². The van der Waals surface area contributed by atoms with Gasteiger partial charge in [0, 0.05) is 24.7 Å². The number of nitrogens with zero attached hydrogens (tertiary/aromatic N) is 1. The summed E-state index contributed by atoms with van der Waals surface area (Å²) in [5, 5.41) is 3.65. The maximum Gasteiger partial charge on any atom is 0.0602 e. The third-order valence-corrected chi connectivity index (χ3v) is 3.60. The topological polar surface area (TPSA) is 15.3 Å². The third kappa shape index (κ3) is 2.96. The molecule has 0 spiro atoms. The van der Waals surface area contributed by atoms with Crippen LogP contribution in [0.25, 0.3) is 0 Å². The summed E-state index contributed by atoms with van der Waals surface area (Å²) in [6.45, 7) is 12.0. The Bertz CT molecular complexity index is 241.